The number of nitrogens with one attached hydrogen (secondary N) is 1. The predicted molar refractivity (Wildman–Crippen MR) is 49.5 cm³/mol. The van der Waals surface area contributed by atoms with Crippen molar-refractivity contribution in [1.82, 2.24) is 5.32 Å². The smallest absolute Gasteiger partial charge is 0.0205 e. The first-order chi connectivity index (χ1) is 5.34. The van der Waals surface area contributed by atoms with Crippen LogP contribution in [0.5, 0.6) is 0 Å². The van der Waals surface area contributed by atoms with Crippen molar-refractivity contribution in [3.05, 3.63) is 35.5 Å². The Morgan fingerprint density at radius 1 is 1.55 bits per heavy atom. The molecular weight excluding hydrogens is 134 g/mol. The minimum absolute atomic E-state index is 0.965. The summed E-state index contributed by atoms with van der Waals surface area (Å²) in [6.45, 7) is 3.13. The first-order valence-corrected chi connectivity index (χ1v) is 4.02. The molecule has 0 aromatic rings. The lowest BCUT2D eigenvalue weighted by Crippen LogP contribution is -2.10. The predicted octanol–water partition coefficient (Wildman–Crippen LogP) is 2.04. The summed E-state index contributed by atoms with van der Waals surface area (Å²) in [5.74, 6) is 0. The number of hydrogen-bond acceptors (Lipinski definition) is 1. The van der Waals surface area contributed by atoms with E-state index in [0.717, 1.165) is 13.0 Å². The summed E-state index contributed by atoms with van der Waals surface area (Å²) < 4.78 is 0. The van der Waals surface area contributed by atoms with Crippen molar-refractivity contribution in [2.24, 2.45) is 0 Å². The summed E-state index contributed by atoms with van der Waals surface area (Å²) in [6, 6.07) is 0. The fourth-order valence-corrected chi connectivity index (χ4v) is 1.16. The Morgan fingerprint density at radius 2 is 2.36 bits per heavy atom. The van der Waals surface area contributed by atoms with E-state index in [1.165, 1.54) is 11.1 Å². The molecule has 1 N–H and O–H groups in total. The maximum Gasteiger partial charge on any atom is 0.0205 e. The van der Waals surface area contributed by atoms with Gasteiger partial charge in [0.1, 0.15) is 0 Å². The van der Waals surface area contributed by atoms with Crippen LogP contribution in [-0.2, 0) is 0 Å². The minimum atomic E-state index is 0.965. The van der Waals surface area contributed by atoms with E-state index in [9.17, 15) is 0 Å². The number of rotatable bonds is 2. The molecule has 0 aromatic heterocycles. The quantitative estimate of drug-likeness (QED) is 0.633. The van der Waals surface area contributed by atoms with E-state index >= 15 is 0 Å². The van der Waals surface area contributed by atoms with Gasteiger partial charge in [-0.15, -0.1) is 0 Å². The molecule has 0 fully saturated rings. The summed E-state index contributed by atoms with van der Waals surface area (Å²) in [7, 11) is 1.97. The molecule has 0 spiro atoms. The molecule has 0 aliphatic heterocycles. The SMILES string of the molecule is CNCC1=CC=CCC=C1C. The van der Waals surface area contributed by atoms with E-state index in [-0.39, 0.29) is 0 Å². The van der Waals surface area contributed by atoms with E-state index in [1.54, 1.807) is 0 Å². The highest BCUT2D eigenvalue weighted by Crippen LogP contribution is 2.12. The van der Waals surface area contributed by atoms with E-state index in [4.69, 9.17) is 0 Å². The lowest BCUT2D eigenvalue weighted by molar-refractivity contribution is 0.884. The van der Waals surface area contributed by atoms with Crippen molar-refractivity contribution in [3.63, 3.8) is 0 Å². The van der Waals surface area contributed by atoms with Crippen LogP contribution >= 0.6 is 0 Å². The number of hydrogen-bond donors (Lipinski definition) is 1. The Kier molecular flexibility index (Phi) is 3.12. The Bertz CT molecular complexity index is 209. The van der Waals surface area contributed by atoms with E-state index in [0.29, 0.717) is 0 Å². The van der Waals surface area contributed by atoms with Crippen molar-refractivity contribution in [3.8, 4) is 0 Å². The molecule has 0 unspecified atom stereocenters. The molecule has 0 saturated carbocycles. The molecule has 11 heavy (non-hydrogen) atoms. The standard InChI is InChI=1S/C10H15N/c1-9-6-4-3-5-7-10(9)8-11-2/h3,5-7,11H,4,8H2,1-2H3. The molecule has 0 bridgehead atoms. The first kappa shape index (κ1) is 8.28. The molecule has 1 aliphatic rings. The summed E-state index contributed by atoms with van der Waals surface area (Å²) in [5, 5.41) is 3.15. The van der Waals surface area contributed by atoms with Crippen LogP contribution in [0.1, 0.15) is 13.3 Å². The molecule has 1 heteroatoms. The summed E-state index contributed by atoms with van der Waals surface area (Å²) in [4.78, 5) is 0. The van der Waals surface area contributed by atoms with Crippen LogP contribution < -0.4 is 5.32 Å². The molecule has 0 heterocycles. The van der Waals surface area contributed by atoms with Crippen LogP contribution in [-0.4, -0.2) is 13.6 Å². The van der Waals surface area contributed by atoms with Crippen LogP contribution in [0.25, 0.3) is 0 Å². The summed E-state index contributed by atoms with van der Waals surface area (Å²) in [5.41, 5.74) is 2.78. The third-order valence-corrected chi connectivity index (χ3v) is 1.87. The van der Waals surface area contributed by atoms with Gasteiger partial charge in [0.25, 0.3) is 0 Å². The van der Waals surface area contributed by atoms with Gasteiger partial charge in [0, 0.05) is 6.54 Å². The molecule has 0 aromatic carbocycles. The van der Waals surface area contributed by atoms with Gasteiger partial charge in [0.15, 0.2) is 0 Å². The van der Waals surface area contributed by atoms with Crippen LogP contribution in [0.2, 0.25) is 0 Å². The average molecular weight is 149 g/mol. The molecular formula is C10H15N. The van der Waals surface area contributed by atoms with Gasteiger partial charge in [-0.25, -0.2) is 0 Å². The fraction of sp³-hybridized carbons (Fsp3) is 0.400. The molecule has 60 valence electrons. The second-order valence-electron chi connectivity index (χ2n) is 2.77. The van der Waals surface area contributed by atoms with Gasteiger partial charge in [0.05, 0.1) is 0 Å². The van der Waals surface area contributed by atoms with Crippen molar-refractivity contribution < 1.29 is 0 Å². The normalized spacial score (nSPS) is 17.3. The van der Waals surface area contributed by atoms with Gasteiger partial charge in [-0.3, -0.25) is 0 Å². The van der Waals surface area contributed by atoms with Crippen molar-refractivity contribution in [2.45, 2.75) is 13.3 Å². The van der Waals surface area contributed by atoms with E-state index in [2.05, 4.69) is 36.5 Å². The van der Waals surface area contributed by atoms with Crippen LogP contribution in [0.4, 0.5) is 0 Å². The number of likely N-dealkylation sites (N-methyl/N-ethyl adjacent to an activating group) is 1. The first-order valence-electron chi connectivity index (χ1n) is 4.02. The van der Waals surface area contributed by atoms with Gasteiger partial charge in [-0.1, -0.05) is 29.9 Å². The zero-order chi connectivity index (χ0) is 8.10. The summed E-state index contributed by atoms with van der Waals surface area (Å²) >= 11 is 0. The van der Waals surface area contributed by atoms with E-state index < -0.39 is 0 Å². The van der Waals surface area contributed by atoms with Gasteiger partial charge in [-0.2, -0.15) is 0 Å². The van der Waals surface area contributed by atoms with Crippen LogP contribution in [0.3, 0.4) is 0 Å². The van der Waals surface area contributed by atoms with Crippen LogP contribution in [0.15, 0.2) is 35.5 Å². The van der Waals surface area contributed by atoms with Crippen molar-refractivity contribution in [1.29, 1.82) is 0 Å². The van der Waals surface area contributed by atoms with Gasteiger partial charge < -0.3 is 5.32 Å². The lowest BCUT2D eigenvalue weighted by atomic mass is 10.1. The Morgan fingerprint density at radius 3 is 3.09 bits per heavy atom. The highest BCUT2D eigenvalue weighted by molar-refractivity contribution is 5.35. The van der Waals surface area contributed by atoms with Gasteiger partial charge in [-0.05, 0) is 26.0 Å². The number of allylic oxidation sites excluding steroid dienone is 4. The van der Waals surface area contributed by atoms with Gasteiger partial charge >= 0.3 is 0 Å². The highest BCUT2D eigenvalue weighted by Gasteiger charge is 1.98. The maximum absolute atomic E-state index is 3.15. The van der Waals surface area contributed by atoms with E-state index in [1.807, 2.05) is 7.05 Å². The molecule has 1 aliphatic carbocycles. The second kappa shape index (κ2) is 4.14. The van der Waals surface area contributed by atoms with Crippen molar-refractivity contribution >= 4 is 0 Å². The molecule has 0 saturated heterocycles. The third kappa shape index (κ3) is 2.35. The van der Waals surface area contributed by atoms with Crippen LogP contribution in [0, 0.1) is 0 Å². The highest BCUT2D eigenvalue weighted by atomic mass is 14.8. The molecule has 0 amide bonds. The maximum atomic E-state index is 3.15. The molecule has 1 nitrogen and oxygen atoms in total. The zero-order valence-electron chi connectivity index (χ0n) is 7.22. The third-order valence-electron chi connectivity index (χ3n) is 1.87. The monoisotopic (exact) mass is 149 g/mol. The molecule has 0 radical (unpaired) electrons. The second-order valence-corrected chi connectivity index (χ2v) is 2.77. The lowest BCUT2D eigenvalue weighted by Gasteiger charge is -2.04. The fourth-order valence-electron chi connectivity index (χ4n) is 1.16. The Balaban J connectivity index is 2.71. The molecule has 0 atom stereocenters. The molecule has 1 rings (SSSR count). The Labute approximate surface area is 68.5 Å². The summed E-state index contributed by atoms with van der Waals surface area (Å²) in [6.07, 6.45) is 9.80. The zero-order valence-corrected chi connectivity index (χ0v) is 7.22. The average Bonchev–Trinajstić information content (AvgIpc) is 2.18. The minimum Gasteiger partial charge on any atom is -0.316 e. The largest absolute Gasteiger partial charge is 0.316 e. The topological polar surface area (TPSA) is 12.0 Å². The Hall–Kier alpha value is -0.820. The van der Waals surface area contributed by atoms with Crippen molar-refractivity contribution in [2.75, 3.05) is 13.6 Å². The van der Waals surface area contributed by atoms with Gasteiger partial charge in [0.2, 0.25) is 0 Å².